The average molecular weight is 659 g/mol. The molecule has 0 aliphatic heterocycles. The van der Waals surface area contributed by atoms with E-state index in [1.165, 1.54) is 66.1 Å². The van der Waals surface area contributed by atoms with Crippen molar-refractivity contribution >= 4 is 27.0 Å². The molecule has 0 N–H and O–H groups in total. The molecule has 0 aliphatic carbocycles. The quantitative estimate of drug-likeness (QED) is 0.190. The molecule has 0 saturated heterocycles. The summed E-state index contributed by atoms with van der Waals surface area (Å²) in [6.07, 6.45) is 0. The summed E-state index contributed by atoms with van der Waals surface area (Å²) in [6.45, 7) is 13.2. The number of hydrogen-bond donors (Lipinski definition) is 0. The predicted molar refractivity (Wildman–Crippen MR) is 166 cm³/mol. The second-order valence-corrected chi connectivity index (χ2v) is 19.8. The van der Waals surface area contributed by atoms with Crippen molar-refractivity contribution in [1.29, 1.82) is 0 Å². The molecule has 4 heteroatoms. The van der Waals surface area contributed by atoms with Gasteiger partial charge in [-0.1, -0.05) is 96.8 Å². The van der Waals surface area contributed by atoms with Crippen molar-refractivity contribution in [2.24, 2.45) is 0 Å². The van der Waals surface area contributed by atoms with Crippen LogP contribution in [-0.2, 0) is 23.3 Å². The van der Waals surface area contributed by atoms with Gasteiger partial charge in [0, 0.05) is 0 Å². The fraction of sp³-hybridized carbons (Fsp3) is 0.167. The maximum atomic E-state index is 2.31. The van der Waals surface area contributed by atoms with Gasteiger partial charge >= 0.3 is 41.9 Å². The van der Waals surface area contributed by atoms with Gasteiger partial charge < -0.3 is 24.8 Å². The van der Waals surface area contributed by atoms with Gasteiger partial charge in [0.1, 0.15) is 0 Å². The number of fused-ring (bicyclic) bond motifs is 2. The first-order chi connectivity index (χ1) is 18.2. The van der Waals surface area contributed by atoms with Gasteiger partial charge in [0.25, 0.3) is 0 Å². The smallest absolute Gasteiger partial charge is 0.0279 e. The Bertz CT molecular complexity index is 1550. The summed E-state index contributed by atoms with van der Waals surface area (Å²) in [4.78, 5) is 0. The van der Waals surface area contributed by atoms with Gasteiger partial charge in [-0.3, -0.25) is 0 Å². The molecule has 0 heterocycles. The fourth-order valence-electron chi connectivity index (χ4n) is 4.74. The first-order valence-electron chi connectivity index (χ1n) is 13.2. The van der Waals surface area contributed by atoms with Gasteiger partial charge in [-0.25, -0.2) is 0 Å². The molecule has 204 valence electrons. The van der Waals surface area contributed by atoms with E-state index in [0.717, 1.165) is 0 Å². The second kappa shape index (κ2) is 15.7. The largest absolute Gasteiger partial charge is 1.00 e. The summed E-state index contributed by atoms with van der Waals surface area (Å²) in [7, 11) is 0. The third-order valence-electron chi connectivity index (χ3n) is 6.52. The van der Waals surface area contributed by atoms with Crippen LogP contribution in [0.4, 0.5) is 0 Å². The van der Waals surface area contributed by atoms with Crippen molar-refractivity contribution in [3.05, 3.63) is 131 Å². The van der Waals surface area contributed by atoms with Gasteiger partial charge in [0.05, 0.1) is 0 Å². The van der Waals surface area contributed by atoms with E-state index in [9.17, 15) is 0 Å². The number of benzene rings is 4. The van der Waals surface area contributed by atoms with E-state index in [1.807, 2.05) is 0 Å². The Morgan fingerprint density at radius 3 is 1.18 bits per heavy atom. The van der Waals surface area contributed by atoms with Gasteiger partial charge in [0.15, 0.2) is 0 Å². The van der Waals surface area contributed by atoms with Crippen LogP contribution in [0.15, 0.2) is 109 Å². The minimum absolute atomic E-state index is 0. The van der Waals surface area contributed by atoms with Gasteiger partial charge in [-0.2, -0.15) is 12.1 Å². The zero-order valence-corrected chi connectivity index (χ0v) is 29.1. The average Bonchev–Trinajstić information content (AvgIpc) is 3.45. The standard InChI is InChI=1S/2C17H15.C2H6Si.2ClH.Zr/c2*1-12-6-8-14(9-7-12)16-5-3-4-15-10-13(2)11-17(15)16;1-3-2;;;/h2*3-11H,1-2H3;1-2H3;2*1H;/q2*-1;;;;+2/p-2. The molecule has 0 atom stereocenters. The third-order valence-corrected chi connectivity index (χ3v) is 6.52. The molecule has 0 aromatic heterocycles. The SMILES string of the molecule is C[Si](C)=[Zr+2].Cc1ccc(-c2cccc3[cH-]c(C)cc23)cc1.Cc1ccc(-c2cccc3[cH-]c(C)cc23)cc1.[Cl-].[Cl-]. The van der Waals surface area contributed by atoms with E-state index in [0.29, 0.717) is 0 Å². The van der Waals surface area contributed by atoms with Crippen molar-refractivity contribution in [3.63, 3.8) is 0 Å². The van der Waals surface area contributed by atoms with E-state index in [4.69, 9.17) is 0 Å². The predicted octanol–water partition coefficient (Wildman–Crippen LogP) is 4.48. The molecule has 0 unspecified atom stereocenters. The van der Waals surface area contributed by atoms with Crippen LogP contribution in [0.25, 0.3) is 43.8 Å². The van der Waals surface area contributed by atoms with Crippen molar-refractivity contribution in [1.82, 2.24) is 0 Å². The van der Waals surface area contributed by atoms with Crippen LogP contribution < -0.4 is 24.8 Å². The zero-order valence-electron chi connectivity index (χ0n) is 24.1. The molecule has 0 bridgehead atoms. The molecule has 40 heavy (non-hydrogen) atoms. The first kappa shape index (κ1) is 34.0. The number of aryl methyl sites for hydroxylation is 4. The van der Waals surface area contributed by atoms with Crippen LogP contribution in [0.2, 0.25) is 13.1 Å². The summed E-state index contributed by atoms with van der Waals surface area (Å²) in [6, 6.07) is 39.5. The summed E-state index contributed by atoms with van der Waals surface area (Å²) in [5.41, 5.74) is 10.7. The van der Waals surface area contributed by atoms with Crippen LogP contribution >= 0.6 is 0 Å². The molecule has 6 aromatic rings. The summed E-state index contributed by atoms with van der Waals surface area (Å²) < 4.78 is 0. The monoisotopic (exact) mass is 656 g/mol. The maximum Gasteiger partial charge on any atom is -0.0279 e. The van der Waals surface area contributed by atoms with E-state index >= 15 is 0 Å². The minimum Gasteiger partial charge on any atom is -1.00 e. The van der Waals surface area contributed by atoms with Crippen LogP contribution in [0.1, 0.15) is 22.3 Å². The van der Waals surface area contributed by atoms with Crippen molar-refractivity contribution in [2.75, 3.05) is 0 Å². The number of hydrogen-bond acceptors (Lipinski definition) is 0. The summed E-state index contributed by atoms with van der Waals surface area (Å²) >= 11 is 1.74. The molecule has 0 aliphatic rings. The van der Waals surface area contributed by atoms with Crippen LogP contribution in [-0.4, -0.2) is 5.43 Å². The Labute approximate surface area is 267 Å². The van der Waals surface area contributed by atoms with Crippen LogP contribution in [0, 0.1) is 27.7 Å². The van der Waals surface area contributed by atoms with E-state index in [-0.39, 0.29) is 30.2 Å². The molecule has 0 spiro atoms. The Hall–Kier alpha value is -2.22. The molecule has 6 rings (SSSR count). The summed E-state index contributed by atoms with van der Waals surface area (Å²) in [5.74, 6) is 0. The first-order valence-corrected chi connectivity index (χ1v) is 19.4. The molecular formula is C36H36Cl2SiZr-2. The molecule has 0 radical (unpaired) electrons. The van der Waals surface area contributed by atoms with Crippen molar-refractivity contribution in [2.45, 2.75) is 40.8 Å². The zero-order chi connectivity index (χ0) is 27.2. The van der Waals surface area contributed by atoms with Gasteiger partial charge in [-0.05, 0) is 25.0 Å². The molecular weight excluding hydrogens is 623 g/mol. The molecule has 0 nitrogen and oxygen atoms in total. The van der Waals surface area contributed by atoms with Crippen molar-refractivity contribution < 1.29 is 48.1 Å². The van der Waals surface area contributed by atoms with Crippen LogP contribution in [0.3, 0.4) is 0 Å². The third kappa shape index (κ3) is 8.89. The van der Waals surface area contributed by atoms with Crippen molar-refractivity contribution in [3.8, 4) is 22.3 Å². The fourth-order valence-corrected chi connectivity index (χ4v) is 4.74. The maximum absolute atomic E-state index is 2.31. The Morgan fingerprint density at radius 1 is 0.525 bits per heavy atom. The van der Waals surface area contributed by atoms with E-state index in [2.05, 4.69) is 150 Å². The Morgan fingerprint density at radius 2 is 0.850 bits per heavy atom. The molecule has 0 fully saturated rings. The topological polar surface area (TPSA) is 0 Å². The number of halogens is 2. The van der Waals surface area contributed by atoms with E-state index < -0.39 is 0 Å². The Balaban J connectivity index is 0.000000237. The molecule has 0 amide bonds. The minimum atomic E-state index is 0. The normalized spacial score (nSPS) is 10.0. The van der Waals surface area contributed by atoms with Crippen LogP contribution in [0.5, 0.6) is 0 Å². The second-order valence-electron chi connectivity index (χ2n) is 10.4. The van der Waals surface area contributed by atoms with Gasteiger partial charge in [0.2, 0.25) is 0 Å². The van der Waals surface area contributed by atoms with Gasteiger partial charge in [-0.15, -0.1) is 69.1 Å². The summed E-state index contributed by atoms with van der Waals surface area (Å²) in [5, 5.41) is 5.38. The number of rotatable bonds is 2. The van der Waals surface area contributed by atoms with E-state index in [1.54, 1.807) is 23.3 Å². The molecule has 6 aromatic carbocycles. The Kier molecular flexibility index (Phi) is 13.3. The molecule has 0 saturated carbocycles.